The van der Waals surface area contributed by atoms with Gasteiger partial charge in [0.2, 0.25) is 10.0 Å². The summed E-state index contributed by atoms with van der Waals surface area (Å²) in [6.07, 6.45) is 8.13. The molecule has 1 amide bonds. The fraction of sp³-hybridized carbons (Fsp3) is 0.656. The minimum absolute atomic E-state index is 0.0910. The number of hydrogen-bond acceptors (Lipinski definition) is 5. The number of nitrogens with zero attached hydrogens (tertiary/aromatic N) is 1. The fourth-order valence-electron chi connectivity index (χ4n) is 5.65. The van der Waals surface area contributed by atoms with Gasteiger partial charge in [0.1, 0.15) is 0 Å². The van der Waals surface area contributed by atoms with Crippen LogP contribution < -0.4 is 14.8 Å². The number of sulfonamides is 1. The highest BCUT2D eigenvalue weighted by molar-refractivity contribution is 7.96. The molecular formula is C32H52N4O3S2. The van der Waals surface area contributed by atoms with Gasteiger partial charge in [0.05, 0.1) is 10.5 Å². The smallest absolute Gasteiger partial charge is 0.253 e. The Morgan fingerprint density at radius 2 is 1.63 bits per heavy atom. The number of nitrogens with one attached hydrogen (secondary N) is 3. The van der Waals surface area contributed by atoms with E-state index in [1.54, 1.807) is 6.07 Å². The maximum Gasteiger partial charge on any atom is 0.253 e. The Hall–Kier alpha value is -1.81. The lowest BCUT2D eigenvalue weighted by Crippen LogP contribution is -2.46. The van der Waals surface area contributed by atoms with Crippen molar-refractivity contribution in [2.45, 2.75) is 122 Å². The van der Waals surface area contributed by atoms with Gasteiger partial charge in [-0.2, -0.15) is 0 Å². The Balaban J connectivity index is 2.11. The van der Waals surface area contributed by atoms with Crippen molar-refractivity contribution >= 4 is 27.9 Å². The maximum atomic E-state index is 13.5. The number of rotatable bonds is 10. The van der Waals surface area contributed by atoms with Gasteiger partial charge < -0.3 is 9.88 Å². The zero-order valence-corrected chi connectivity index (χ0v) is 28.5. The minimum Gasteiger partial charge on any atom is -0.350 e. The van der Waals surface area contributed by atoms with Crippen LogP contribution in [0.3, 0.4) is 0 Å². The van der Waals surface area contributed by atoms with Gasteiger partial charge in [-0.15, -0.1) is 0 Å². The summed E-state index contributed by atoms with van der Waals surface area (Å²) in [4.78, 5) is 13.8. The normalized spacial score (nSPS) is 15.8. The van der Waals surface area contributed by atoms with Crippen molar-refractivity contribution in [2.24, 2.45) is 5.92 Å². The molecule has 7 nitrogen and oxygen atoms in total. The van der Waals surface area contributed by atoms with Gasteiger partial charge in [0, 0.05) is 35.6 Å². The number of amides is 1. The minimum atomic E-state index is -3.73. The second kappa shape index (κ2) is 12.8. The molecule has 41 heavy (non-hydrogen) atoms. The molecule has 0 unspecified atom stereocenters. The predicted molar refractivity (Wildman–Crippen MR) is 173 cm³/mol. The first-order valence-electron chi connectivity index (χ1n) is 14.8. The van der Waals surface area contributed by atoms with E-state index in [9.17, 15) is 13.2 Å². The van der Waals surface area contributed by atoms with Crippen LogP contribution in [0, 0.1) is 12.8 Å². The molecule has 1 aromatic heterocycles. The second-order valence-corrected chi connectivity index (χ2v) is 16.6. The van der Waals surface area contributed by atoms with Gasteiger partial charge in [-0.25, -0.2) is 13.1 Å². The van der Waals surface area contributed by atoms with E-state index in [1.165, 1.54) is 44.1 Å². The van der Waals surface area contributed by atoms with Crippen molar-refractivity contribution in [3.63, 3.8) is 0 Å². The summed E-state index contributed by atoms with van der Waals surface area (Å²) in [5.41, 5.74) is 2.99. The van der Waals surface area contributed by atoms with Crippen molar-refractivity contribution in [1.82, 2.24) is 19.3 Å². The molecule has 1 heterocycles. The molecule has 1 aliphatic rings. The van der Waals surface area contributed by atoms with Crippen molar-refractivity contribution in [1.29, 1.82) is 0 Å². The lowest BCUT2D eigenvalue weighted by atomic mass is 9.85. The summed E-state index contributed by atoms with van der Waals surface area (Å²) < 4.78 is 35.4. The quantitative estimate of drug-likeness (QED) is 0.260. The van der Waals surface area contributed by atoms with E-state index in [0.717, 1.165) is 29.1 Å². The van der Waals surface area contributed by atoms with Crippen LogP contribution in [-0.4, -0.2) is 42.8 Å². The molecule has 0 radical (unpaired) electrons. The van der Waals surface area contributed by atoms with E-state index in [1.807, 2.05) is 72.9 Å². The SMILES string of the molecule is CSNC(C)(C)CNC(=O)c1cc(-c2ccc(S(=O)(=O)NC(C)(C)C)c(C(C)(C)C)c2)n(CC2CCCCC2)c1C. The summed E-state index contributed by atoms with van der Waals surface area (Å²) in [7, 11) is -3.73. The Kier molecular flexibility index (Phi) is 10.5. The molecule has 0 spiro atoms. The van der Waals surface area contributed by atoms with Crippen LogP contribution in [0.4, 0.5) is 0 Å². The third-order valence-corrected chi connectivity index (χ3v) is 10.2. The third-order valence-electron chi connectivity index (χ3n) is 7.66. The summed E-state index contributed by atoms with van der Waals surface area (Å²) in [6.45, 7) is 19.2. The third kappa shape index (κ3) is 8.85. The Morgan fingerprint density at radius 3 is 2.20 bits per heavy atom. The number of carbonyl (C=O) groups excluding carboxylic acids is 1. The molecule has 9 heteroatoms. The van der Waals surface area contributed by atoms with Crippen LogP contribution in [-0.2, 0) is 22.0 Å². The Labute approximate surface area is 253 Å². The van der Waals surface area contributed by atoms with Crippen molar-refractivity contribution in [3.8, 4) is 11.3 Å². The number of carbonyl (C=O) groups is 1. The first-order chi connectivity index (χ1) is 18.8. The molecule has 3 N–H and O–H groups in total. The summed E-state index contributed by atoms with van der Waals surface area (Å²) in [5, 5.41) is 3.13. The number of aromatic nitrogens is 1. The molecule has 230 valence electrons. The van der Waals surface area contributed by atoms with Crippen molar-refractivity contribution in [3.05, 3.63) is 41.1 Å². The van der Waals surface area contributed by atoms with Crippen LogP contribution >= 0.6 is 11.9 Å². The highest BCUT2D eigenvalue weighted by Crippen LogP contribution is 2.36. The standard InChI is InChI=1S/C32H52N4O3S2/c1-22-25(29(37)33-21-32(8,9)34-40-10)19-27(36(22)20-23-14-12-11-13-15-23)24-16-17-28(26(18-24)30(2,3)4)41(38,39)35-31(5,6)7/h16-19,23,34-35H,11-15,20-21H2,1-10H3,(H,33,37). The van der Waals surface area contributed by atoms with Crippen LogP contribution in [0.2, 0.25) is 0 Å². The van der Waals surface area contributed by atoms with E-state index in [4.69, 9.17) is 0 Å². The lowest BCUT2D eigenvalue weighted by Gasteiger charge is -2.27. The molecule has 0 bridgehead atoms. The van der Waals surface area contributed by atoms with Gasteiger partial charge in [0.15, 0.2) is 0 Å². The van der Waals surface area contributed by atoms with Gasteiger partial charge in [-0.1, -0.05) is 58.0 Å². The zero-order chi connectivity index (χ0) is 30.8. The van der Waals surface area contributed by atoms with E-state index in [-0.39, 0.29) is 11.4 Å². The van der Waals surface area contributed by atoms with Gasteiger partial charge in [-0.05, 0) is 101 Å². The van der Waals surface area contributed by atoms with Crippen LogP contribution in [0.25, 0.3) is 11.3 Å². The largest absolute Gasteiger partial charge is 0.350 e. The molecule has 1 fully saturated rings. The molecule has 1 saturated carbocycles. The monoisotopic (exact) mass is 604 g/mol. The van der Waals surface area contributed by atoms with E-state index < -0.39 is 21.0 Å². The van der Waals surface area contributed by atoms with E-state index in [2.05, 4.69) is 33.2 Å². The van der Waals surface area contributed by atoms with Gasteiger partial charge in [-0.3, -0.25) is 9.52 Å². The van der Waals surface area contributed by atoms with Gasteiger partial charge >= 0.3 is 0 Å². The average molecular weight is 605 g/mol. The summed E-state index contributed by atoms with van der Waals surface area (Å²) >= 11 is 1.54. The average Bonchev–Trinajstić information content (AvgIpc) is 3.17. The van der Waals surface area contributed by atoms with Crippen molar-refractivity contribution < 1.29 is 13.2 Å². The fourth-order valence-corrected chi connectivity index (χ4v) is 8.10. The van der Waals surface area contributed by atoms with Crippen LogP contribution in [0.5, 0.6) is 0 Å². The Morgan fingerprint density at radius 1 is 1.00 bits per heavy atom. The predicted octanol–water partition coefficient (Wildman–Crippen LogP) is 6.79. The molecular weight excluding hydrogens is 553 g/mol. The molecule has 0 saturated heterocycles. The first kappa shape index (κ1) is 33.7. The van der Waals surface area contributed by atoms with E-state index >= 15 is 0 Å². The van der Waals surface area contributed by atoms with Crippen LogP contribution in [0.15, 0.2) is 29.2 Å². The summed E-state index contributed by atoms with van der Waals surface area (Å²) in [6, 6.07) is 7.63. The van der Waals surface area contributed by atoms with Crippen molar-refractivity contribution in [2.75, 3.05) is 12.8 Å². The molecule has 0 aliphatic heterocycles. The molecule has 1 aromatic carbocycles. The van der Waals surface area contributed by atoms with Gasteiger partial charge in [0.25, 0.3) is 5.91 Å². The molecule has 3 rings (SSSR count). The molecule has 0 atom stereocenters. The van der Waals surface area contributed by atoms with E-state index in [0.29, 0.717) is 22.9 Å². The summed E-state index contributed by atoms with van der Waals surface area (Å²) in [5.74, 6) is 0.471. The topological polar surface area (TPSA) is 92.2 Å². The highest BCUT2D eigenvalue weighted by Gasteiger charge is 2.30. The molecule has 2 aromatic rings. The first-order valence-corrected chi connectivity index (χ1v) is 17.5. The zero-order valence-electron chi connectivity index (χ0n) is 26.8. The second-order valence-electron chi connectivity index (χ2n) is 14.3. The number of hydrogen-bond donors (Lipinski definition) is 3. The number of benzene rings is 1. The maximum absolute atomic E-state index is 13.5. The van der Waals surface area contributed by atoms with Crippen LogP contribution in [0.1, 0.15) is 109 Å². The lowest BCUT2D eigenvalue weighted by molar-refractivity contribution is 0.0944. The highest BCUT2D eigenvalue weighted by atomic mass is 32.2. The molecule has 1 aliphatic carbocycles. The Bertz CT molecular complexity index is 1330.